The summed E-state index contributed by atoms with van der Waals surface area (Å²) in [6.45, 7) is 2.74. The number of aromatic nitrogens is 1. The van der Waals surface area contributed by atoms with Crippen molar-refractivity contribution < 1.29 is 14.7 Å². The fourth-order valence-corrected chi connectivity index (χ4v) is 2.15. The second-order valence-electron chi connectivity index (χ2n) is 4.66. The van der Waals surface area contributed by atoms with Crippen molar-refractivity contribution in [2.24, 2.45) is 0 Å². The first-order valence-corrected chi connectivity index (χ1v) is 6.27. The molecule has 2 rings (SSSR count). The first-order chi connectivity index (χ1) is 9.08. The molecule has 0 radical (unpaired) electrons. The summed E-state index contributed by atoms with van der Waals surface area (Å²) in [7, 11) is 0. The van der Waals surface area contributed by atoms with Gasteiger partial charge in [-0.2, -0.15) is 0 Å². The van der Waals surface area contributed by atoms with Crippen LogP contribution in [0.4, 0.5) is 4.79 Å². The number of nitrogens with zero attached hydrogens (tertiary/aromatic N) is 2. The molecule has 102 valence electrons. The molecule has 1 aliphatic rings. The van der Waals surface area contributed by atoms with E-state index in [1.165, 1.54) is 4.90 Å². The summed E-state index contributed by atoms with van der Waals surface area (Å²) < 4.78 is 0. The predicted molar refractivity (Wildman–Crippen MR) is 68.6 cm³/mol. The van der Waals surface area contributed by atoms with E-state index in [0.29, 0.717) is 19.5 Å². The van der Waals surface area contributed by atoms with Gasteiger partial charge < -0.3 is 15.3 Å². The number of nitrogens with one attached hydrogen (secondary N) is 1. The van der Waals surface area contributed by atoms with Gasteiger partial charge in [0.25, 0.3) is 0 Å². The molecule has 2 heterocycles. The van der Waals surface area contributed by atoms with Crippen LogP contribution in [-0.4, -0.2) is 39.6 Å². The molecule has 1 unspecified atom stereocenters. The van der Waals surface area contributed by atoms with Gasteiger partial charge in [0.2, 0.25) is 0 Å². The van der Waals surface area contributed by atoms with Crippen molar-refractivity contribution in [2.75, 3.05) is 6.54 Å². The van der Waals surface area contributed by atoms with E-state index >= 15 is 0 Å². The number of rotatable bonds is 3. The van der Waals surface area contributed by atoms with Crippen LogP contribution in [0.15, 0.2) is 18.3 Å². The number of likely N-dealkylation sites (tertiary alicyclic amines) is 1. The number of urea groups is 1. The number of amides is 2. The van der Waals surface area contributed by atoms with Crippen LogP contribution in [0.25, 0.3) is 0 Å². The Labute approximate surface area is 111 Å². The predicted octanol–water partition coefficient (Wildman–Crippen LogP) is 1.15. The van der Waals surface area contributed by atoms with Crippen LogP contribution in [0, 0.1) is 6.92 Å². The Morgan fingerprint density at radius 1 is 1.53 bits per heavy atom. The lowest BCUT2D eigenvalue weighted by atomic mass is 10.2. The van der Waals surface area contributed by atoms with Crippen molar-refractivity contribution in [3.63, 3.8) is 0 Å². The van der Waals surface area contributed by atoms with Crippen LogP contribution in [0.2, 0.25) is 0 Å². The third-order valence-corrected chi connectivity index (χ3v) is 3.22. The Hall–Kier alpha value is -2.11. The van der Waals surface area contributed by atoms with Gasteiger partial charge in [0.15, 0.2) is 0 Å². The zero-order chi connectivity index (χ0) is 13.8. The van der Waals surface area contributed by atoms with E-state index in [2.05, 4.69) is 10.3 Å². The van der Waals surface area contributed by atoms with Crippen molar-refractivity contribution in [3.05, 3.63) is 29.6 Å². The minimum absolute atomic E-state index is 0.328. The molecule has 1 aromatic heterocycles. The molecule has 19 heavy (non-hydrogen) atoms. The van der Waals surface area contributed by atoms with Crippen LogP contribution in [-0.2, 0) is 11.3 Å². The van der Waals surface area contributed by atoms with Crippen LogP contribution in [0.5, 0.6) is 0 Å². The lowest BCUT2D eigenvalue weighted by molar-refractivity contribution is -0.141. The largest absolute Gasteiger partial charge is 0.480 e. The molecule has 6 heteroatoms. The maximum Gasteiger partial charge on any atom is 0.326 e. The molecule has 2 N–H and O–H groups in total. The Morgan fingerprint density at radius 2 is 2.32 bits per heavy atom. The van der Waals surface area contributed by atoms with Gasteiger partial charge in [0, 0.05) is 25.0 Å². The fourth-order valence-electron chi connectivity index (χ4n) is 2.15. The van der Waals surface area contributed by atoms with Gasteiger partial charge >= 0.3 is 12.0 Å². The molecule has 0 saturated carbocycles. The highest BCUT2D eigenvalue weighted by atomic mass is 16.4. The topological polar surface area (TPSA) is 82.5 Å². The van der Waals surface area contributed by atoms with Crippen molar-refractivity contribution >= 4 is 12.0 Å². The average molecular weight is 263 g/mol. The summed E-state index contributed by atoms with van der Waals surface area (Å²) in [6, 6.07) is 2.74. The molecule has 0 spiro atoms. The SMILES string of the molecule is Cc1ccc(CNC(=O)N2CCCC2C(=O)O)cn1. The van der Waals surface area contributed by atoms with Gasteiger partial charge in [0.1, 0.15) is 6.04 Å². The van der Waals surface area contributed by atoms with E-state index < -0.39 is 12.0 Å². The number of carbonyl (C=O) groups excluding carboxylic acids is 1. The van der Waals surface area contributed by atoms with Crippen LogP contribution >= 0.6 is 0 Å². The lowest BCUT2D eigenvalue weighted by Crippen LogP contribution is -2.45. The second kappa shape index (κ2) is 5.69. The molecular formula is C13H17N3O3. The Kier molecular flexibility index (Phi) is 3.99. The Bertz CT molecular complexity index is 473. The molecule has 1 aliphatic heterocycles. The van der Waals surface area contributed by atoms with E-state index in [1.54, 1.807) is 6.20 Å². The smallest absolute Gasteiger partial charge is 0.326 e. The van der Waals surface area contributed by atoms with E-state index in [4.69, 9.17) is 5.11 Å². The number of carboxylic acid groups (broad SMARTS) is 1. The van der Waals surface area contributed by atoms with Gasteiger partial charge in [-0.05, 0) is 31.4 Å². The molecule has 1 fully saturated rings. The summed E-state index contributed by atoms with van der Waals surface area (Å²) in [6.07, 6.45) is 2.96. The van der Waals surface area contributed by atoms with Gasteiger partial charge in [-0.15, -0.1) is 0 Å². The summed E-state index contributed by atoms with van der Waals surface area (Å²) in [5.41, 5.74) is 1.81. The van der Waals surface area contributed by atoms with Crippen molar-refractivity contribution in [1.29, 1.82) is 0 Å². The van der Waals surface area contributed by atoms with Crippen LogP contribution in [0.1, 0.15) is 24.1 Å². The molecule has 1 saturated heterocycles. The number of pyridine rings is 1. The number of hydrogen-bond acceptors (Lipinski definition) is 3. The summed E-state index contributed by atoms with van der Waals surface area (Å²) >= 11 is 0. The highest BCUT2D eigenvalue weighted by Gasteiger charge is 2.33. The first-order valence-electron chi connectivity index (χ1n) is 6.27. The normalized spacial score (nSPS) is 18.4. The van der Waals surface area contributed by atoms with Crippen LogP contribution < -0.4 is 5.32 Å². The highest BCUT2D eigenvalue weighted by molar-refractivity contribution is 5.83. The van der Waals surface area contributed by atoms with Crippen molar-refractivity contribution in [3.8, 4) is 0 Å². The van der Waals surface area contributed by atoms with E-state index in [0.717, 1.165) is 17.7 Å². The quantitative estimate of drug-likeness (QED) is 0.857. The molecule has 1 aromatic rings. The molecule has 1 atom stereocenters. The zero-order valence-electron chi connectivity index (χ0n) is 10.8. The monoisotopic (exact) mass is 263 g/mol. The van der Waals surface area contributed by atoms with Gasteiger partial charge in [-0.25, -0.2) is 9.59 Å². The minimum Gasteiger partial charge on any atom is -0.480 e. The van der Waals surface area contributed by atoms with E-state index in [1.807, 2.05) is 19.1 Å². The van der Waals surface area contributed by atoms with Gasteiger partial charge in [-0.3, -0.25) is 4.98 Å². The number of aryl methyl sites for hydroxylation is 1. The molecule has 2 amide bonds. The molecule has 6 nitrogen and oxygen atoms in total. The maximum atomic E-state index is 11.9. The van der Waals surface area contributed by atoms with Crippen molar-refractivity contribution in [1.82, 2.24) is 15.2 Å². The average Bonchev–Trinajstić information content (AvgIpc) is 2.87. The minimum atomic E-state index is -0.940. The summed E-state index contributed by atoms with van der Waals surface area (Å²) in [4.78, 5) is 28.4. The maximum absolute atomic E-state index is 11.9. The summed E-state index contributed by atoms with van der Waals surface area (Å²) in [5, 5.41) is 11.7. The molecule has 0 aromatic carbocycles. The third kappa shape index (κ3) is 3.21. The molecule has 0 bridgehead atoms. The number of carboxylic acids is 1. The fraction of sp³-hybridized carbons (Fsp3) is 0.462. The molecule has 0 aliphatic carbocycles. The van der Waals surface area contributed by atoms with Crippen LogP contribution in [0.3, 0.4) is 0 Å². The number of carbonyl (C=O) groups is 2. The van der Waals surface area contributed by atoms with Crippen molar-refractivity contribution in [2.45, 2.75) is 32.4 Å². The molecular weight excluding hydrogens is 246 g/mol. The third-order valence-electron chi connectivity index (χ3n) is 3.22. The Morgan fingerprint density at radius 3 is 2.95 bits per heavy atom. The number of hydrogen-bond donors (Lipinski definition) is 2. The highest BCUT2D eigenvalue weighted by Crippen LogP contribution is 2.17. The lowest BCUT2D eigenvalue weighted by Gasteiger charge is -2.21. The first kappa shape index (κ1) is 13.3. The standard InChI is InChI=1S/C13H17N3O3/c1-9-4-5-10(7-14-9)8-15-13(19)16-6-2-3-11(16)12(17)18/h4-5,7,11H,2-3,6,8H2,1H3,(H,15,19)(H,17,18). The second-order valence-corrected chi connectivity index (χ2v) is 4.66. The zero-order valence-corrected chi connectivity index (χ0v) is 10.8. The van der Waals surface area contributed by atoms with E-state index in [-0.39, 0.29) is 6.03 Å². The number of aliphatic carboxylic acids is 1. The van der Waals surface area contributed by atoms with E-state index in [9.17, 15) is 9.59 Å². The van der Waals surface area contributed by atoms with Gasteiger partial charge in [-0.1, -0.05) is 6.07 Å². The summed E-state index contributed by atoms with van der Waals surface area (Å²) in [5.74, 6) is -0.940. The Balaban J connectivity index is 1.90. The van der Waals surface area contributed by atoms with Gasteiger partial charge in [0.05, 0.1) is 0 Å².